The van der Waals surface area contributed by atoms with Crippen LogP contribution in [0.25, 0.3) is 5.57 Å². The Bertz CT molecular complexity index is 3800. The van der Waals surface area contributed by atoms with E-state index in [9.17, 15) is 25.2 Å². The zero-order chi connectivity index (χ0) is 67.3. The van der Waals surface area contributed by atoms with Gasteiger partial charge in [-0.25, -0.2) is 0 Å². The van der Waals surface area contributed by atoms with Crippen molar-refractivity contribution in [2.45, 2.75) is 146 Å². The number of rotatable bonds is 12. The van der Waals surface area contributed by atoms with E-state index in [1.165, 1.54) is 34.8 Å². The van der Waals surface area contributed by atoms with Gasteiger partial charge in [0.1, 0.15) is 5.78 Å². The number of hydrogen-bond acceptors (Lipinski definition) is 18. The van der Waals surface area contributed by atoms with E-state index in [2.05, 4.69) is 136 Å². The highest BCUT2D eigenvalue weighted by molar-refractivity contribution is 8.76. The molecular formula is C80H101N9O7S2. The highest BCUT2D eigenvalue weighted by atomic mass is 33.1. The average Bonchev–Trinajstić information content (AvgIpc) is 1.48. The van der Waals surface area contributed by atoms with E-state index in [0.29, 0.717) is 83.7 Å². The quantitative estimate of drug-likeness (QED) is 0.0267. The van der Waals surface area contributed by atoms with Gasteiger partial charge in [0.2, 0.25) is 5.96 Å². The summed E-state index contributed by atoms with van der Waals surface area (Å²) in [6.45, 7) is 2.55. The number of aliphatic imine (C=N–C) groups is 1. The summed E-state index contributed by atoms with van der Waals surface area (Å²) in [6, 6.07) is 26.1. The molecule has 8 aliphatic heterocycles. The Balaban J connectivity index is 0.910. The van der Waals surface area contributed by atoms with Gasteiger partial charge in [0.25, 0.3) is 0 Å². The molecule has 19 atom stereocenters. The fraction of sp³-hybridized carbons (Fsp3) is 0.562. The van der Waals surface area contributed by atoms with Gasteiger partial charge in [0.15, 0.2) is 24.1 Å². The first kappa shape index (κ1) is 67.9. The second kappa shape index (κ2) is 28.8. The number of fused-ring (bicyclic) bond motifs is 10. The summed E-state index contributed by atoms with van der Waals surface area (Å²) in [5, 5.41) is 69.5. The molecule has 0 radical (unpaired) electrons. The van der Waals surface area contributed by atoms with Crippen LogP contribution in [0.3, 0.4) is 0 Å². The summed E-state index contributed by atoms with van der Waals surface area (Å²) in [4.78, 5) is 34.8. The monoisotopic (exact) mass is 1360 g/mol. The van der Waals surface area contributed by atoms with Crippen molar-refractivity contribution < 1.29 is 34.8 Å². The van der Waals surface area contributed by atoms with Crippen molar-refractivity contribution in [2.24, 2.45) is 91.9 Å². The van der Waals surface area contributed by atoms with Crippen molar-refractivity contribution in [2.75, 3.05) is 58.1 Å². The largest absolute Gasteiger partial charge is 0.504 e. The minimum atomic E-state index is -0.716. The number of ketones is 2. The molecule has 19 unspecified atom stereocenters. The highest BCUT2D eigenvalue weighted by Crippen LogP contribution is 2.81. The smallest absolute Gasteiger partial charge is 0.202 e. The lowest BCUT2D eigenvalue weighted by Gasteiger charge is -2.60. The minimum Gasteiger partial charge on any atom is -0.504 e. The number of piperidine rings is 1. The van der Waals surface area contributed by atoms with E-state index < -0.39 is 31.5 Å². The molecule has 1 saturated heterocycles. The van der Waals surface area contributed by atoms with Crippen LogP contribution >= 0.6 is 21.6 Å². The van der Waals surface area contributed by atoms with Crippen molar-refractivity contribution in [3.05, 3.63) is 159 Å². The van der Waals surface area contributed by atoms with Crippen LogP contribution in [0.15, 0.2) is 137 Å². The van der Waals surface area contributed by atoms with Crippen LogP contribution in [0.1, 0.15) is 111 Å². The number of carbonyl (C=O) groups excluding carboxylic acids is 2. The van der Waals surface area contributed by atoms with Crippen molar-refractivity contribution in [3.63, 3.8) is 0 Å². The Hall–Kier alpha value is -5.95. The summed E-state index contributed by atoms with van der Waals surface area (Å²) in [5.41, 5.74) is 23.1. The minimum absolute atomic E-state index is 0.0134. The molecule has 98 heavy (non-hydrogen) atoms. The first-order chi connectivity index (χ1) is 47.8. The number of nitrogens with one attached hydrogen (secondary N) is 6. The van der Waals surface area contributed by atoms with Gasteiger partial charge >= 0.3 is 0 Å². The number of aliphatic hydroxyl groups excluding tert-OH is 3. The predicted octanol–water partition coefficient (Wildman–Crippen LogP) is 8.32. The van der Waals surface area contributed by atoms with E-state index in [-0.39, 0.29) is 93.7 Å². The maximum absolute atomic E-state index is 15.1. The van der Waals surface area contributed by atoms with Gasteiger partial charge in [0, 0.05) is 72.1 Å². The maximum atomic E-state index is 15.1. The van der Waals surface area contributed by atoms with Gasteiger partial charge in [-0.2, -0.15) is 4.99 Å². The standard InChI is InChI=1S/C80H101N9O7S2/c1-83-40-57-37-79-72-18-17-50-25-59(92)33-60(93)29-56(43-90)63-34-71(96-46-91)70(95)30-53(63)28-55-42-87-74(81)35-65(55)64(26-49-11-5-10-48(24-49)16-15-47-8-3-2-4-9-47)52-19-23-86-77(82)88-58-31-67(57)80(79,45-98-97-44-52)68(32-58)62-13-6-14-69(94)76(62)89-73(79)39-78(72,36-50)38-66-61-20-22-84-41-54(61)27-51-12-7-21-85-75(51)66/h2-13,24,29-30,34-35,42,50-52,54,57-58,61,64,66-67,69,72-76,83-85,87,89-91,94-95H,14-18,20-22,25-28,31-33,36-41,43-46,81H2,1H3,(H3,82,86,88). The van der Waals surface area contributed by atoms with Gasteiger partial charge in [-0.15, -0.1) is 0 Å². The molecule has 17 rings (SSSR count). The maximum Gasteiger partial charge on any atom is 0.202 e. The lowest BCUT2D eigenvalue weighted by Crippen LogP contribution is -2.60. The van der Waals surface area contributed by atoms with Crippen molar-refractivity contribution >= 4 is 44.7 Å². The molecule has 6 aliphatic carbocycles. The Morgan fingerprint density at radius 3 is 2.65 bits per heavy atom. The summed E-state index contributed by atoms with van der Waals surface area (Å²) >= 11 is 0. The number of nitrogens with two attached hydrogens (primary N) is 2. The molecule has 14 N–H and O–H groups in total. The first-order valence-corrected chi connectivity index (χ1v) is 39.2. The zero-order valence-electron chi connectivity index (χ0n) is 56.7. The van der Waals surface area contributed by atoms with Crippen LogP contribution in [-0.2, 0) is 35.3 Å². The Morgan fingerprint density at radius 2 is 1.80 bits per heavy atom. The van der Waals surface area contributed by atoms with Crippen molar-refractivity contribution in [3.8, 4) is 23.5 Å². The van der Waals surface area contributed by atoms with E-state index in [1.54, 1.807) is 12.1 Å². The molecule has 18 heteroatoms. The third kappa shape index (κ3) is 12.8. The molecule has 0 aromatic heterocycles. The van der Waals surface area contributed by atoms with Crippen LogP contribution in [0, 0.1) is 87.4 Å². The Kier molecular flexibility index (Phi) is 20.0. The number of aliphatic hydroxyl groups is 3. The molecule has 14 aliphatic rings. The molecule has 5 saturated carbocycles. The second-order valence-corrected chi connectivity index (χ2v) is 33.7. The lowest BCUT2D eigenvalue weighted by atomic mass is 9.46. The van der Waals surface area contributed by atoms with Crippen LogP contribution < -0.4 is 48.1 Å². The fourth-order valence-corrected chi connectivity index (χ4v) is 25.7. The number of hydrogen-bond donors (Lipinski definition) is 12. The predicted molar refractivity (Wildman–Crippen MR) is 390 cm³/mol. The molecular weight excluding hydrogens is 1260 g/mol. The third-order valence-corrected chi connectivity index (χ3v) is 28.6. The number of ether oxygens (including phenoxy) is 1. The normalized spacial score (nSPS) is 37.4. The SMILES string of the molecule is CNCC1CC23C4CC5(CC6C7CCNCC7CC7C=CCNC76)CC(CCC52)CC(=O)CC(=O)C=C(CO)c2cc(OCO)c(O)cc2CC2=CNC(N)C=C2C(Cc2cccc(CCc5ccccc5)c2)C2C#CN=C(N)NC5CC(=C6C=CCC(O)C6N4)C3(CSSC2)C1C5. The van der Waals surface area contributed by atoms with Gasteiger partial charge in [-0.3, -0.25) is 9.59 Å². The van der Waals surface area contributed by atoms with Crippen LogP contribution in [0.4, 0.5) is 0 Å². The first-order valence-electron chi connectivity index (χ1n) is 36.7. The van der Waals surface area contributed by atoms with Crippen LogP contribution in [-0.4, -0.2) is 133 Å². The number of aryl methyl sites for hydroxylation is 2. The number of nitrogens with zero attached hydrogens (tertiary/aromatic N) is 1. The molecule has 7 bridgehead atoms. The number of carbonyl (C=O) groups is 2. The van der Waals surface area contributed by atoms with E-state index in [1.807, 2.05) is 27.8 Å². The number of Topliss-reactive ketones (excluding diaryl/α,β-unsaturated/α-hetero) is 1. The molecule has 520 valence electrons. The Morgan fingerprint density at radius 1 is 0.939 bits per heavy atom. The zero-order valence-corrected chi connectivity index (χ0v) is 58.4. The molecule has 8 heterocycles. The number of guanidine groups is 1. The number of phenolic OH excluding ortho intramolecular Hbond substituents is 1. The molecule has 3 aromatic rings. The topological polar surface area (TPSA) is 261 Å². The summed E-state index contributed by atoms with van der Waals surface area (Å²) in [7, 11) is 6.10. The van der Waals surface area contributed by atoms with Crippen LogP contribution in [0.5, 0.6) is 11.5 Å². The van der Waals surface area contributed by atoms with Gasteiger partial charge in [-0.05, 0) is 256 Å². The molecule has 2 spiro atoms. The van der Waals surface area contributed by atoms with Crippen molar-refractivity contribution in [1.82, 2.24) is 31.9 Å². The second-order valence-electron chi connectivity index (χ2n) is 31.2. The van der Waals surface area contributed by atoms with E-state index >= 15 is 4.79 Å². The van der Waals surface area contributed by atoms with E-state index in [0.717, 1.165) is 119 Å². The number of phenols is 1. The Labute approximate surface area is 586 Å². The summed E-state index contributed by atoms with van der Waals surface area (Å²) in [5.74, 6) is 7.23. The van der Waals surface area contributed by atoms with Crippen molar-refractivity contribution in [1.29, 1.82) is 0 Å². The average molecular weight is 1360 g/mol. The third-order valence-electron chi connectivity index (χ3n) is 26.1. The lowest BCUT2D eigenvalue weighted by molar-refractivity contribution is -0.126. The van der Waals surface area contributed by atoms with Crippen LogP contribution in [0.2, 0.25) is 0 Å². The molecule has 0 amide bonds. The van der Waals surface area contributed by atoms with Gasteiger partial charge < -0.3 is 68.5 Å². The molecule has 16 nitrogen and oxygen atoms in total. The van der Waals surface area contributed by atoms with E-state index in [4.69, 9.17) is 21.2 Å². The summed E-state index contributed by atoms with van der Waals surface area (Å²) < 4.78 is 5.59. The fourth-order valence-electron chi connectivity index (χ4n) is 22.7. The van der Waals surface area contributed by atoms with Gasteiger partial charge in [-0.1, -0.05) is 112 Å². The summed E-state index contributed by atoms with van der Waals surface area (Å²) in [6.07, 6.45) is 26.8. The number of benzene rings is 3. The highest BCUT2D eigenvalue weighted by Gasteiger charge is 2.78. The number of dihydropyridines is 1. The van der Waals surface area contributed by atoms with Gasteiger partial charge in [0.05, 0.1) is 31.3 Å². The number of allylic oxidation sites excluding steroid dienone is 3. The molecule has 3 aromatic carbocycles. The molecule has 6 fully saturated rings. The number of aromatic hydroxyl groups is 1.